The van der Waals surface area contributed by atoms with E-state index in [4.69, 9.17) is 16.3 Å². The van der Waals surface area contributed by atoms with Crippen LogP contribution in [0.2, 0.25) is 5.02 Å². The number of thiol groups is 1. The third kappa shape index (κ3) is 3.57. The van der Waals surface area contributed by atoms with E-state index < -0.39 is 4.92 Å². The first kappa shape index (κ1) is 13.1. The minimum atomic E-state index is -0.489. The van der Waals surface area contributed by atoms with Crippen LogP contribution in [0.5, 0.6) is 5.75 Å². The standard InChI is InChI=1S/C10H12ClNO3S/c1-7(6-16)5-15-10-4-8(11)2-3-9(10)12(13)14/h2-4,7,16H,5-6H2,1H3. The van der Waals surface area contributed by atoms with E-state index in [-0.39, 0.29) is 17.4 Å². The number of benzene rings is 1. The van der Waals surface area contributed by atoms with Gasteiger partial charge in [0, 0.05) is 17.2 Å². The minimum absolute atomic E-state index is 0.0734. The number of hydrogen-bond acceptors (Lipinski definition) is 4. The van der Waals surface area contributed by atoms with Crippen LogP contribution in [0.4, 0.5) is 5.69 Å². The Balaban J connectivity index is 2.84. The van der Waals surface area contributed by atoms with Gasteiger partial charge in [-0.15, -0.1) is 0 Å². The summed E-state index contributed by atoms with van der Waals surface area (Å²) < 4.78 is 5.36. The van der Waals surface area contributed by atoms with Gasteiger partial charge in [0.2, 0.25) is 0 Å². The van der Waals surface area contributed by atoms with Gasteiger partial charge in [0.25, 0.3) is 0 Å². The van der Waals surface area contributed by atoms with Crippen molar-refractivity contribution in [2.24, 2.45) is 5.92 Å². The Kier molecular flexibility index (Phi) is 4.89. The molecule has 0 amide bonds. The van der Waals surface area contributed by atoms with E-state index in [0.717, 1.165) is 0 Å². The number of nitro benzene ring substituents is 1. The van der Waals surface area contributed by atoms with Gasteiger partial charge in [0.1, 0.15) is 0 Å². The summed E-state index contributed by atoms with van der Waals surface area (Å²) in [6.07, 6.45) is 0. The molecule has 0 aliphatic carbocycles. The maximum absolute atomic E-state index is 10.7. The largest absolute Gasteiger partial charge is 0.486 e. The highest BCUT2D eigenvalue weighted by Crippen LogP contribution is 2.30. The van der Waals surface area contributed by atoms with Gasteiger partial charge in [-0.25, -0.2) is 0 Å². The van der Waals surface area contributed by atoms with Crippen LogP contribution in [-0.2, 0) is 0 Å². The van der Waals surface area contributed by atoms with Crippen molar-refractivity contribution in [1.29, 1.82) is 0 Å². The molecule has 4 nitrogen and oxygen atoms in total. The first-order valence-electron chi connectivity index (χ1n) is 4.72. The average Bonchev–Trinajstić information content (AvgIpc) is 2.25. The normalized spacial score (nSPS) is 12.2. The fourth-order valence-corrected chi connectivity index (χ4v) is 1.31. The Morgan fingerprint density at radius 3 is 2.88 bits per heavy atom. The van der Waals surface area contributed by atoms with Crippen molar-refractivity contribution < 1.29 is 9.66 Å². The molecule has 0 N–H and O–H groups in total. The molecule has 1 aromatic rings. The Morgan fingerprint density at radius 2 is 2.31 bits per heavy atom. The number of nitrogens with zero attached hydrogens (tertiary/aromatic N) is 1. The molecular formula is C10H12ClNO3S. The van der Waals surface area contributed by atoms with Gasteiger partial charge < -0.3 is 4.74 Å². The summed E-state index contributed by atoms with van der Waals surface area (Å²) in [6, 6.07) is 4.25. The van der Waals surface area contributed by atoms with Gasteiger partial charge in [-0.1, -0.05) is 18.5 Å². The fourth-order valence-electron chi connectivity index (χ4n) is 1.04. The van der Waals surface area contributed by atoms with Gasteiger partial charge in [-0.2, -0.15) is 12.6 Å². The molecular weight excluding hydrogens is 250 g/mol. The van der Waals surface area contributed by atoms with Crippen LogP contribution >= 0.6 is 24.2 Å². The SMILES string of the molecule is CC(CS)COc1cc(Cl)ccc1[N+](=O)[O-]. The zero-order valence-electron chi connectivity index (χ0n) is 8.72. The predicted molar refractivity (Wildman–Crippen MR) is 66.6 cm³/mol. The monoisotopic (exact) mass is 261 g/mol. The van der Waals surface area contributed by atoms with Crippen LogP contribution in [0, 0.1) is 16.0 Å². The fraction of sp³-hybridized carbons (Fsp3) is 0.400. The molecule has 1 aromatic carbocycles. The highest BCUT2D eigenvalue weighted by molar-refractivity contribution is 7.80. The molecule has 0 saturated carbocycles. The zero-order valence-corrected chi connectivity index (χ0v) is 10.4. The third-order valence-corrected chi connectivity index (χ3v) is 2.81. The summed E-state index contributed by atoms with van der Waals surface area (Å²) in [5.41, 5.74) is -0.0734. The Labute approximate surface area is 104 Å². The topological polar surface area (TPSA) is 52.4 Å². The quantitative estimate of drug-likeness (QED) is 0.503. The van der Waals surface area contributed by atoms with Crippen molar-refractivity contribution in [3.8, 4) is 5.75 Å². The van der Waals surface area contributed by atoms with Crippen molar-refractivity contribution in [2.45, 2.75) is 6.92 Å². The highest BCUT2D eigenvalue weighted by atomic mass is 35.5. The molecule has 0 bridgehead atoms. The highest BCUT2D eigenvalue weighted by Gasteiger charge is 2.15. The summed E-state index contributed by atoms with van der Waals surface area (Å²) in [5, 5.41) is 11.1. The minimum Gasteiger partial charge on any atom is -0.486 e. The van der Waals surface area contributed by atoms with Gasteiger partial charge in [-0.3, -0.25) is 10.1 Å². The Bertz CT molecular complexity index is 386. The summed E-state index contributed by atoms with van der Waals surface area (Å²) in [6.45, 7) is 2.33. The summed E-state index contributed by atoms with van der Waals surface area (Å²) in [5.74, 6) is 1.09. The molecule has 0 aliphatic rings. The molecule has 16 heavy (non-hydrogen) atoms. The van der Waals surface area contributed by atoms with Crippen molar-refractivity contribution in [3.05, 3.63) is 33.3 Å². The van der Waals surface area contributed by atoms with Crippen molar-refractivity contribution in [1.82, 2.24) is 0 Å². The summed E-state index contributed by atoms with van der Waals surface area (Å²) in [7, 11) is 0. The molecule has 6 heteroatoms. The number of rotatable bonds is 5. The van der Waals surface area contributed by atoms with Crippen molar-refractivity contribution in [3.63, 3.8) is 0 Å². The molecule has 88 valence electrons. The van der Waals surface area contributed by atoms with E-state index >= 15 is 0 Å². The molecule has 1 rings (SSSR count). The van der Waals surface area contributed by atoms with E-state index in [1.54, 1.807) is 0 Å². The van der Waals surface area contributed by atoms with Crippen molar-refractivity contribution in [2.75, 3.05) is 12.4 Å². The number of ether oxygens (including phenoxy) is 1. The van der Waals surface area contributed by atoms with Gasteiger partial charge in [0.05, 0.1) is 11.5 Å². The lowest BCUT2D eigenvalue weighted by atomic mass is 10.2. The predicted octanol–water partition coefficient (Wildman–Crippen LogP) is 3.19. The number of hydrogen-bond donors (Lipinski definition) is 1. The van der Waals surface area contributed by atoms with Crippen LogP contribution in [0.15, 0.2) is 18.2 Å². The first-order chi connectivity index (χ1) is 7.54. The molecule has 0 aliphatic heterocycles. The molecule has 0 fully saturated rings. The molecule has 0 radical (unpaired) electrons. The number of halogens is 1. The van der Waals surface area contributed by atoms with Crippen LogP contribution in [0.1, 0.15) is 6.92 Å². The maximum atomic E-state index is 10.7. The third-order valence-electron chi connectivity index (χ3n) is 1.95. The lowest BCUT2D eigenvalue weighted by Gasteiger charge is -2.10. The second kappa shape index (κ2) is 5.96. The maximum Gasteiger partial charge on any atom is 0.311 e. The molecule has 0 aromatic heterocycles. The van der Waals surface area contributed by atoms with Gasteiger partial charge in [-0.05, 0) is 17.7 Å². The second-order valence-electron chi connectivity index (χ2n) is 3.47. The van der Waals surface area contributed by atoms with Crippen LogP contribution in [0.25, 0.3) is 0 Å². The molecule has 0 heterocycles. The van der Waals surface area contributed by atoms with Crippen LogP contribution in [-0.4, -0.2) is 17.3 Å². The lowest BCUT2D eigenvalue weighted by molar-refractivity contribution is -0.385. The summed E-state index contributed by atoms with van der Waals surface area (Å²) in [4.78, 5) is 10.2. The smallest absolute Gasteiger partial charge is 0.311 e. The van der Waals surface area contributed by atoms with Gasteiger partial charge >= 0.3 is 5.69 Å². The molecule has 1 atom stereocenters. The van der Waals surface area contributed by atoms with E-state index in [1.807, 2.05) is 6.92 Å². The Hall–Kier alpha value is -0.940. The van der Waals surface area contributed by atoms with E-state index in [1.165, 1.54) is 18.2 Å². The van der Waals surface area contributed by atoms with E-state index in [2.05, 4.69) is 12.6 Å². The first-order valence-corrected chi connectivity index (χ1v) is 5.73. The molecule has 0 saturated heterocycles. The van der Waals surface area contributed by atoms with E-state index in [0.29, 0.717) is 17.4 Å². The Morgan fingerprint density at radius 1 is 1.62 bits per heavy atom. The van der Waals surface area contributed by atoms with Crippen LogP contribution < -0.4 is 4.74 Å². The van der Waals surface area contributed by atoms with Crippen LogP contribution in [0.3, 0.4) is 0 Å². The van der Waals surface area contributed by atoms with Crippen molar-refractivity contribution >= 4 is 29.9 Å². The summed E-state index contributed by atoms with van der Waals surface area (Å²) >= 11 is 9.86. The van der Waals surface area contributed by atoms with E-state index in [9.17, 15) is 10.1 Å². The molecule has 0 spiro atoms. The lowest BCUT2D eigenvalue weighted by Crippen LogP contribution is -2.10. The average molecular weight is 262 g/mol. The second-order valence-corrected chi connectivity index (χ2v) is 4.27. The van der Waals surface area contributed by atoms with Gasteiger partial charge in [0.15, 0.2) is 5.75 Å². The number of nitro groups is 1. The zero-order chi connectivity index (χ0) is 12.1. The molecule has 1 unspecified atom stereocenters.